The largest absolute Gasteiger partial charge is 0.361 e. The maximum absolute atomic E-state index is 5.36. The number of anilines is 1. The van der Waals surface area contributed by atoms with Gasteiger partial charge in [0.2, 0.25) is 5.95 Å². The summed E-state index contributed by atoms with van der Waals surface area (Å²) in [5.41, 5.74) is 6.41. The number of aromatic nitrogens is 3. The van der Waals surface area contributed by atoms with E-state index in [0.29, 0.717) is 0 Å². The molecule has 1 aliphatic rings. The zero-order chi connectivity index (χ0) is 18.8. The SMILES string of the molecule is CCNc1nc2ccc(-c3c(C)noc3C)cc2n1CC1=CC=CCC=C1. The Bertz CT molecular complexity index is 1050. The van der Waals surface area contributed by atoms with Crippen LogP contribution in [0.5, 0.6) is 0 Å². The predicted molar refractivity (Wildman–Crippen MR) is 110 cm³/mol. The predicted octanol–water partition coefficient (Wildman–Crippen LogP) is 5.18. The first-order valence-electron chi connectivity index (χ1n) is 9.37. The van der Waals surface area contributed by atoms with E-state index in [1.807, 2.05) is 13.8 Å². The van der Waals surface area contributed by atoms with Crippen LogP contribution in [-0.4, -0.2) is 21.3 Å². The zero-order valence-corrected chi connectivity index (χ0v) is 16.0. The Morgan fingerprint density at radius 1 is 1.22 bits per heavy atom. The molecule has 2 heterocycles. The van der Waals surface area contributed by atoms with Crippen LogP contribution in [0.2, 0.25) is 0 Å². The van der Waals surface area contributed by atoms with Gasteiger partial charge >= 0.3 is 0 Å². The van der Waals surface area contributed by atoms with Crippen LogP contribution in [0, 0.1) is 13.8 Å². The molecular formula is C22H24N4O. The van der Waals surface area contributed by atoms with Crippen molar-refractivity contribution in [1.29, 1.82) is 0 Å². The van der Waals surface area contributed by atoms with Crippen LogP contribution < -0.4 is 5.32 Å². The minimum Gasteiger partial charge on any atom is -0.361 e. The molecule has 1 aliphatic carbocycles. The fraction of sp³-hybridized carbons (Fsp3) is 0.273. The number of fused-ring (bicyclic) bond motifs is 1. The highest BCUT2D eigenvalue weighted by Crippen LogP contribution is 2.31. The highest BCUT2D eigenvalue weighted by atomic mass is 16.5. The molecule has 27 heavy (non-hydrogen) atoms. The summed E-state index contributed by atoms with van der Waals surface area (Å²) in [6.45, 7) is 7.62. The summed E-state index contributed by atoms with van der Waals surface area (Å²) >= 11 is 0. The monoisotopic (exact) mass is 360 g/mol. The Morgan fingerprint density at radius 3 is 2.89 bits per heavy atom. The number of imidazole rings is 1. The lowest BCUT2D eigenvalue weighted by Gasteiger charge is -2.11. The van der Waals surface area contributed by atoms with Gasteiger partial charge in [0.15, 0.2) is 0 Å². The van der Waals surface area contributed by atoms with Crippen molar-refractivity contribution in [3.8, 4) is 11.1 Å². The van der Waals surface area contributed by atoms with Gasteiger partial charge in [-0.1, -0.05) is 41.6 Å². The molecule has 1 N–H and O–H groups in total. The molecule has 0 atom stereocenters. The third kappa shape index (κ3) is 3.33. The van der Waals surface area contributed by atoms with Gasteiger partial charge in [-0.2, -0.15) is 0 Å². The van der Waals surface area contributed by atoms with Gasteiger partial charge in [-0.25, -0.2) is 4.98 Å². The molecule has 0 fully saturated rings. The average Bonchev–Trinajstić information content (AvgIpc) is 3.03. The molecule has 0 unspecified atom stereocenters. The van der Waals surface area contributed by atoms with Crippen LogP contribution in [0.3, 0.4) is 0 Å². The lowest BCUT2D eigenvalue weighted by Crippen LogP contribution is -2.08. The first-order chi connectivity index (χ1) is 13.2. The van der Waals surface area contributed by atoms with E-state index >= 15 is 0 Å². The number of hydrogen-bond acceptors (Lipinski definition) is 4. The van der Waals surface area contributed by atoms with Gasteiger partial charge in [-0.3, -0.25) is 0 Å². The summed E-state index contributed by atoms with van der Waals surface area (Å²) in [6, 6.07) is 6.35. The zero-order valence-electron chi connectivity index (χ0n) is 16.0. The summed E-state index contributed by atoms with van der Waals surface area (Å²) in [7, 11) is 0. The van der Waals surface area contributed by atoms with E-state index in [4.69, 9.17) is 9.51 Å². The normalized spacial score (nSPS) is 13.8. The van der Waals surface area contributed by atoms with E-state index in [0.717, 1.165) is 59.1 Å². The number of rotatable bonds is 5. The fourth-order valence-corrected chi connectivity index (χ4v) is 3.54. The molecular weight excluding hydrogens is 336 g/mol. The molecule has 0 saturated carbocycles. The quantitative estimate of drug-likeness (QED) is 0.681. The molecule has 4 rings (SSSR count). The second kappa shape index (κ2) is 7.27. The van der Waals surface area contributed by atoms with Gasteiger partial charge in [0.25, 0.3) is 0 Å². The van der Waals surface area contributed by atoms with Crippen molar-refractivity contribution in [3.63, 3.8) is 0 Å². The van der Waals surface area contributed by atoms with Crippen molar-refractivity contribution >= 4 is 17.0 Å². The van der Waals surface area contributed by atoms with Crippen molar-refractivity contribution < 1.29 is 4.52 Å². The molecule has 0 radical (unpaired) electrons. The first kappa shape index (κ1) is 17.3. The third-order valence-electron chi connectivity index (χ3n) is 4.80. The van der Waals surface area contributed by atoms with Crippen LogP contribution in [0.4, 0.5) is 5.95 Å². The summed E-state index contributed by atoms with van der Waals surface area (Å²) in [5, 5.41) is 7.50. The van der Waals surface area contributed by atoms with Crippen molar-refractivity contribution in [1.82, 2.24) is 14.7 Å². The Kier molecular flexibility index (Phi) is 4.67. The second-order valence-corrected chi connectivity index (χ2v) is 6.76. The van der Waals surface area contributed by atoms with E-state index in [1.54, 1.807) is 0 Å². The molecule has 138 valence electrons. The topological polar surface area (TPSA) is 55.9 Å². The molecule has 0 spiro atoms. The number of nitrogens with one attached hydrogen (secondary N) is 1. The maximum atomic E-state index is 5.36. The molecule has 0 bridgehead atoms. The van der Waals surface area contributed by atoms with E-state index in [9.17, 15) is 0 Å². The van der Waals surface area contributed by atoms with Crippen LogP contribution >= 0.6 is 0 Å². The summed E-state index contributed by atoms with van der Waals surface area (Å²) in [6.07, 6.45) is 11.8. The molecule has 2 aromatic heterocycles. The van der Waals surface area contributed by atoms with Crippen molar-refractivity contribution in [2.24, 2.45) is 0 Å². The van der Waals surface area contributed by atoms with Gasteiger partial charge in [-0.15, -0.1) is 0 Å². The van der Waals surface area contributed by atoms with E-state index < -0.39 is 0 Å². The first-order valence-corrected chi connectivity index (χ1v) is 9.37. The minimum atomic E-state index is 0.769. The Morgan fingerprint density at radius 2 is 2.11 bits per heavy atom. The molecule has 1 aromatic carbocycles. The standard InChI is InChI=1S/C22H24N4O/c1-4-23-22-24-19-12-11-18(21-15(2)25-27-16(21)3)13-20(19)26(22)14-17-9-7-5-6-8-10-17/h5,7-13H,4,6,14H2,1-3H3,(H,23,24). The molecule has 5 nitrogen and oxygen atoms in total. The molecule has 5 heteroatoms. The van der Waals surface area contributed by atoms with Gasteiger partial charge < -0.3 is 14.4 Å². The van der Waals surface area contributed by atoms with Gasteiger partial charge in [0, 0.05) is 12.1 Å². The van der Waals surface area contributed by atoms with E-state index in [2.05, 4.69) is 70.5 Å². The van der Waals surface area contributed by atoms with Gasteiger partial charge in [0.1, 0.15) is 5.76 Å². The highest BCUT2D eigenvalue weighted by molar-refractivity contribution is 5.85. The Labute approximate surface area is 159 Å². The number of nitrogens with zero attached hydrogens (tertiary/aromatic N) is 3. The van der Waals surface area contributed by atoms with E-state index in [1.165, 1.54) is 5.57 Å². The van der Waals surface area contributed by atoms with Crippen LogP contribution in [0.1, 0.15) is 24.8 Å². The van der Waals surface area contributed by atoms with Gasteiger partial charge in [0.05, 0.1) is 23.3 Å². The third-order valence-corrected chi connectivity index (χ3v) is 4.80. The number of allylic oxidation sites excluding steroid dienone is 6. The Hall–Kier alpha value is -3.08. The van der Waals surface area contributed by atoms with Crippen LogP contribution in [-0.2, 0) is 6.54 Å². The highest BCUT2D eigenvalue weighted by Gasteiger charge is 2.16. The number of aryl methyl sites for hydroxylation is 2. The second-order valence-electron chi connectivity index (χ2n) is 6.76. The summed E-state index contributed by atoms with van der Waals surface area (Å²) in [4.78, 5) is 4.80. The van der Waals surface area contributed by atoms with E-state index in [-0.39, 0.29) is 0 Å². The van der Waals surface area contributed by atoms with Gasteiger partial charge in [-0.05, 0) is 50.5 Å². The maximum Gasteiger partial charge on any atom is 0.204 e. The van der Waals surface area contributed by atoms with Crippen LogP contribution in [0.15, 0.2) is 58.7 Å². The summed E-state index contributed by atoms with van der Waals surface area (Å²) < 4.78 is 7.61. The molecule has 0 saturated heterocycles. The Balaban J connectivity index is 1.84. The minimum absolute atomic E-state index is 0.769. The smallest absolute Gasteiger partial charge is 0.204 e. The summed E-state index contributed by atoms with van der Waals surface area (Å²) in [5.74, 6) is 1.73. The average molecular weight is 360 g/mol. The van der Waals surface area contributed by atoms with Crippen LogP contribution in [0.25, 0.3) is 22.2 Å². The number of hydrogen-bond donors (Lipinski definition) is 1. The van der Waals surface area contributed by atoms with Crippen molar-refractivity contribution in [3.05, 3.63) is 65.6 Å². The fourth-order valence-electron chi connectivity index (χ4n) is 3.54. The molecule has 0 amide bonds. The molecule has 3 aromatic rings. The molecule has 0 aliphatic heterocycles. The number of benzene rings is 1. The van der Waals surface area contributed by atoms with Crippen molar-refractivity contribution in [2.75, 3.05) is 11.9 Å². The van der Waals surface area contributed by atoms with Crippen molar-refractivity contribution in [2.45, 2.75) is 33.7 Å². The lowest BCUT2D eigenvalue weighted by molar-refractivity contribution is 0.393. The lowest BCUT2D eigenvalue weighted by atomic mass is 10.0.